The van der Waals surface area contributed by atoms with Gasteiger partial charge in [0.05, 0.1) is 8.45 Å². The molecule has 0 aliphatic rings. The molecule has 3 nitrogen and oxygen atoms in total. The van der Waals surface area contributed by atoms with E-state index in [0.29, 0.717) is 11.3 Å². The highest BCUT2D eigenvalue weighted by atomic mass is 127. The first kappa shape index (κ1) is 12.4. The van der Waals surface area contributed by atoms with Gasteiger partial charge in [-0.25, -0.2) is 0 Å². The normalized spacial score (nSPS) is 10.2. The average Bonchev–Trinajstić information content (AvgIpc) is 2.74. The van der Waals surface area contributed by atoms with Gasteiger partial charge in [0.2, 0.25) is 0 Å². The molecule has 1 amide bonds. The molecule has 0 fully saturated rings. The Morgan fingerprint density at radius 3 is 2.76 bits per heavy atom. The van der Waals surface area contributed by atoms with E-state index in [1.807, 2.05) is 23.6 Å². The fourth-order valence-corrected chi connectivity index (χ4v) is 2.79. The lowest BCUT2D eigenvalue weighted by Gasteiger charge is -2.16. The molecule has 88 valence electrons. The number of thiophene rings is 1. The number of benzene rings is 1. The van der Waals surface area contributed by atoms with E-state index in [1.54, 1.807) is 35.4 Å². The Hall–Kier alpha value is -1.08. The maximum absolute atomic E-state index is 12.2. The number of amides is 1. The standard InChI is InChI=1S/C12H11IN2OS/c1-15(10-4-2-3-9(14)6-10)12(16)8-5-11(13)17-7-8/h2-7H,14H2,1H3. The van der Waals surface area contributed by atoms with Crippen LogP contribution in [0.4, 0.5) is 11.4 Å². The van der Waals surface area contributed by atoms with Gasteiger partial charge >= 0.3 is 0 Å². The molecular weight excluding hydrogens is 347 g/mol. The highest BCUT2D eigenvalue weighted by molar-refractivity contribution is 14.1. The zero-order valence-corrected chi connectivity index (χ0v) is 12.2. The molecule has 0 atom stereocenters. The minimum atomic E-state index is -0.0187. The first-order chi connectivity index (χ1) is 8.08. The van der Waals surface area contributed by atoms with Crippen molar-refractivity contribution < 1.29 is 4.79 Å². The lowest BCUT2D eigenvalue weighted by Crippen LogP contribution is -2.25. The van der Waals surface area contributed by atoms with Crippen molar-refractivity contribution in [1.29, 1.82) is 0 Å². The van der Waals surface area contributed by atoms with Gasteiger partial charge in [0.15, 0.2) is 0 Å². The molecule has 0 saturated heterocycles. The van der Waals surface area contributed by atoms with Crippen LogP contribution in [0.25, 0.3) is 0 Å². The summed E-state index contributed by atoms with van der Waals surface area (Å²) < 4.78 is 1.10. The number of carbonyl (C=O) groups is 1. The third-order valence-electron chi connectivity index (χ3n) is 2.38. The van der Waals surface area contributed by atoms with Crippen LogP contribution in [0.2, 0.25) is 0 Å². The Morgan fingerprint density at radius 1 is 1.41 bits per heavy atom. The van der Waals surface area contributed by atoms with Crippen LogP contribution in [-0.4, -0.2) is 13.0 Å². The van der Waals surface area contributed by atoms with Gasteiger partial charge in [-0.15, -0.1) is 11.3 Å². The SMILES string of the molecule is CN(C(=O)c1csc(I)c1)c1cccc(N)c1. The molecule has 2 rings (SSSR count). The van der Waals surface area contributed by atoms with Gasteiger partial charge in [0, 0.05) is 23.8 Å². The Kier molecular flexibility index (Phi) is 3.68. The van der Waals surface area contributed by atoms with Crippen molar-refractivity contribution in [2.24, 2.45) is 0 Å². The average molecular weight is 358 g/mol. The van der Waals surface area contributed by atoms with Gasteiger partial charge in [-0.3, -0.25) is 4.79 Å². The van der Waals surface area contributed by atoms with E-state index in [4.69, 9.17) is 5.73 Å². The maximum Gasteiger partial charge on any atom is 0.258 e. The molecule has 0 unspecified atom stereocenters. The molecule has 0 aliphatic heterocycles. The van der Waals surface area contributed by atoms with Crippen molar-refractivity contribution in [1.82, 2.24) is 0 Å². The molecule has 2 aromatic rings. The lowest BCUT2D eigenvalue weighted by atomic mass is 10.2. The molecule has 1 aromatic carbocycles. The van der Waals surface area contributed by atoms with Gasteiger partial charge < -0.3 is 10.6 Å². The van der Waals surface area contributed by atoms with Gasteiger partial charge in [0.25, 0.3) is 5.91 Å². The largest absolute Gasteiger partial charge is 0.399 e. The van der Waals surface area contributed by atoms with E-state index in [-0.39, 0.29) is 5.91 Å². The lowest BCUT2D eigenvalue weighted by molar-refractivity contribution is 0.0993. The number of rotatable bonds is 2. The summed E-state index contributed by atoms with van der Waals surface area (Å²) in [5.41, 5.74) is 7.87. The van der Waals surface area contributed by atoms with Crippen molar-refractivity contribution in [2.75, 3.05) is 17.7 Å². The number of hydrogen-bond donors (Lipinski definition) is 1. The summed E-state index contributed by atoms with van der Waals surface area (Å²) in [5, 5.41) is 1.87. The summed E-state index contributed by atoms with van der Waals surface area (Å²) in [6.07, 6.45) is 0. The molecule has 1 aromatic heterocycles. The third kappa shape index (κ3) is 2.78. The van der Waals surface area contributed by atoms with E-state index in [2.05, 4.69) is 22.6 Å². The van der Waals surface area contributed by atoms with E-state index in [1.165, 1.54) is 0 Å². The second-order valence-electron chi connectivity index (χ2n) is 3.60. The highest BCUT2D eigenvalue weighted by Crippen LogP contribution is 2.21. The number of nitrogens with two attached hydrogens (primary N) is 1. The van der Waals surface area contributed by atoms with Gasteiger partial charge in [-0.05, 0) is 46.9 Å². The minimum absolute atomic E-state index is 0.0187. The topological polar surface area (TPSA) is 46.3 Å². The number of hydrogen-bond acceptors (Lipinski definition) is 3. The van der Waals surface area contributed by atoms with Crippen LogP contribution in [0.15, 0.2) is 35.7 Å². The quantitative estimate of drug-likeness (QED) is 0.662. The molecule has 1 heterocycles. The Bertz CT molecular complexity index is 553. The van der Waals surface area contributed by atoms with Gasteiger partial charge in [-0.1, -0.05) is 6.07 Å². The summed E-state index contributed by atoms with van der Waals surface area (Å²) in [7, 11) is 1.75. The molecule has 5 heteroatoms. The number of carbonyl (C=O) groups excluding carboxylic acids is 1. The smallest absolute Gasteiger partial charge is 0.258 e. The zero-order chi connectivity index (χ0) is 12.4. The number of halogens is 1. The van der Waals surface area contributed by atoms with Crippen molar-refractivity contribution in [3.8, 4) is 0 Å². The summed E-state index contributed by atoms with van der Waals surface area (Å²) in [4.78, 5) is 13.8. The molecule has 0 radical (unpaired) electrons. The fourth-order valence-electron chi connectivity index (χ4n) is 1.47. The first-order valence-electron chi connectivity index (χ1n) is 4.95. The van der Waals surface area contributed by atoms with Gasteiger partial charge in [-0.2, -0.15) is 0 Å². The molecule has 2 N–H and O–H groups in total. The summed E-state index contributed by atoms with van der Waals surface area (Å²) in [5.74, 6) is -0.0187. The van der Waals surface area contributed by atoms with E-state index in [9.17, 15) is 4.79 Å². The summed E-state index contributed by atoms with van der Waals surface area (Å²) in [6.45, 7) is 0. The zero-order valence-electron chi connectivity index (χ0n) is 9.18. The van der Waals surface area contributed by atoms with E-state index >= 15 is 0 Å². The van der Waals surface area contributed by atoms with Gasteiger partial charge in [0.1, 0.15) is 0 Å². The monoisotopic (exact) mass is 358 g/mol. The molecule has 0 bridgehead atoms. The number of anilines is 2. The van der Waals surface area contributed by atoms with Crippen molar-refractivity contribution in [3.63, 3.8) is 0 Å². The molecule has 0 aliphatic carbocycles. The number of nitrogen functional groups attached to an aromatic ring is 1. The molecular formula is C12H11IN2OS. The van der Waals surface area contributed by atoms with Crippen LogP contribution in [0.1, 0.15) is 10.4 Å². The van der Waals surface area contributed by atoms with Crippen LogP contribution in [-0.2, 0) is 0 Å². The summed E-state index contributed by atoms with van der Waals surface area (Å²) >= 11 is 3.77. The van der Waals surface area contributed by atoms with E-state index < -0.39 is 0 Å². The summed E-state index contributed by atoms with van der Waals surface area (Å²) in [6, 6.07) is 9.18. The molecule has 0 spiro atoms. The minimum Gasteiger partial charge on any atom is -0.399 e. The second-order valence-corrected chi connectivity index (χ2v) is 6.40. The maximum atomic E-state index is 12.2. The van der Waals surface area contributed by atoms with Crippen LogP contribution in [0.5, 0.6) is 0 Å². The Morgan fingerprint density at radius 2 is 2.18 bits per heavy atom. The molecule has 17 heavy (non-hydrogen) atoms. The van der Waals surface area contributed by atoms with Crippen molar-refractivity contribution >= 4 is 51.2 Å². The number of nitrogens with zero attached hydrogens (tertiary/aromatic N) is 1. The predicted molar refractivity (Wildman–Crippen MR) is 80.6 cm³/mol. The van der Waals surface area contributed by atoms with Crippen LogP contribution >= 0.6 is 33.9 Å². The second kappa shape index (κ2) is 5.05. The van der Waals surface area contributed by atoms with Crippen LogP contribution < -0.4 is 10.6 Å². The highest BCUT2D eigenvalue weighted by Gasteiger charge is 2.14. The van der Waals surface area contributed by atoms with Crippen LogP contribution in [0, 0.1) is 2.88 Å². The molecule has 0 saturated carbocycles. The Balaban J connectivity index is 2.26. The van der Waals surface area contributed by atoms with E-state index in [0.717, 1.165) is 8.57 Å². The fraction of sp³-hybridized carbons (Fsp3) is 0.0833. The van der Waals surface area contributed by atoms with Crippen molar-refractivity contribution in [2.45, 2.75) is 0 Å². The Labute approximate surface area is 117 Å². The predicted octanol–water partition coefficient (Wildman–Crippen LogP) is 3.21. The van der Waals surface area contributed by atoms with Crippen LogP contribution in [0.3, 0.4) is 0 Å². The first-order valence-corrected chi connectivity index (χ1v) is 6.91. The third-order valence-corrected chi connectivity index (χ3v) is 4.17. The van der Waals surface area contributed by atoms with Crippen molar-refractivity contribution in [3.05, 3.63) is 44.2 Å².